The molecule has 1 aromatic carbocycles. The third-order valence-corrected chi connectivity index (χ3v) is 6.78. The standard InChI is InChI=1S/C23H32N6O3/c1-17-22(29(31)32)18(2)28(24-17)15-19-6-8-20(9-7-19)23(30)27-13-11-26(12-14-27)21-5-4-10-25(3)16-21/h6-9,21H,4-5,10-16H2,1-3H3. The maximum absolute atomic E-state index is 13.0. The number of piperidine rings is 1. The quantitative estimate of drug-likeness (QED) is 0.524. The van der Waals surface area contributed by atoms with Crippen LogP contribution in [-0.2, 0) is 6.54 Å². The average Bonchev–Trinajstić information content (AvgIpc) is 3.06. The molecule has 1 atom stereocenters. The lowest BCUT2D eigenvalue weighted by atomic mass is 10.0. The Balaban J connectivity index is 1.35. The number of aromatic nitrogens is 2. The van der Waals surface area contributed by atoms with E-state index in [0.29, 0.717) is 29.5 Å². The molecule has 0 bridgehead atoms. The topological polar surface area (TPSA) is 87.8 Å². The number of rotatable bonds is 5. The van der Waals surface area contributed by atoms with Crippen LogP contribution in [0.2, 0.25) is 0 Å². The number of likely N-dealkylation sites (tertiary alicyclic amines) is 1. The molecule has 3 heterocycles. The van der Waals surface area contributed by atoms with Gasteiger partial charge in [0.2, 0.25) is 0 Å². The number of hydrogen-bond acceptors (Lipinski definition) is 6. The molecule has 0 saturated carbocycles. The normalized spacial score (nSPS) is 20.5. The van der Waals surface area contributed by atoms with Crippen LogP contribution < -0.4 is 0 Å². The first kappa shape index (κ1) is 22.4. The smallest absolute Gasteiger partial charge is 0.312 e. The molecule has 2 aliphatic heterocycles. The predicted molar refractivity (Wildman–Crippen MR) is 122 cm³/mol. The van der Waals surface area contributed by atoms with E-state index >= 15 is 0 Å². The summed E-state index contributed by atoms with van der Waals surface area (Å²) in [5, 5.41) is 15.5. The number of nitrogens with zero attached hydrogens (tertiary/aromatic N) is 6. The molecule has 2 fully saturated rings. The summed E-state index contributed by atoms with van der Waals surface area (Å²) in [6.07, 6.45) is 2.50. The summed E-state index contributed by atoms with van der Waals surface area (Å²) >= 11 is 0. The average molecular weight is 441 g/mol. The van der Waals surface area contributed by atoms with Crippen LogP contribution in [0.15, 0.2) is 24.3 Å². The van der Waals surface area contributed by atoms with Gasteiger partial charge >= 0.3 is 5.69 Å². The predicted octanol–water partition coefficient (Wildman–Crippen LogP) is 2.31. The zero-order valence-corrected chi connectivity index (χ0v) is 19.2. The molecular formula is C23H32N6O3. The highest BCUT2D eigenvalue weighted by molar-refractivity contribution is 5.94. The number of benzene rings is 1. The van der Waals surface area contributed by atoms with Crippen LogP contribution in [0.5, 0.6) is 0 Å². The molecule has 172 valence electrons. The molecule has 32 heavy (non-hydrogen) atoms. The van der Waals surface area contributed by atoms with Crippen molar-refractivity contribution in [1.82, 2.24) is 24.5 Å². The lowest BCUT2D eigenvalue weighted by molar-refractivity contribution is -0.386. The first-order valence-corrected chi connectivity index (χ1v) is 11.3. The second kappa shape index (κ2) is 9.38. The lowest BCUT2D eigenvalue weighted by Crippen LogP contribution is -2.55. The number of carbonyl (C=O) groups is 1. The minimum Gasteiger partial charge on any atom is -0.336 e. The van der Waals surface area contributed by atoms with Gasteiger partial charge in [0, 0.05) is 44.3 Å². The Morgan fingerprint density at radius 2 is 1.81 bits per heavy atom. The van der Waals surface area contributed by atoms with E-state index in [0.717, 1.165) is 38.3 Å². The lowest BCUT2D eigenvalue weighted by Gasteiger charge is -2.42. The van der Waals surface area contributed by atoms with Crippen LogP contribution in [0.25, 0.3) is 0 Å². The summed E-state index contributed by atoms with van der Waals surface area (Å²) in [4.78, 5) is 30.7. The Kier molecular flexibility index (Phi) is 6.57. The number of piperazine rings is 1. The molecule has 1 unspecified atom stereocenters. The summed E-state index contributed by atoms with van der Waals surface area (Å²) < 4.78 is 1.65. The fraction of sp³-hybridized carbons (Fsp3) is 0.565. The van der Waals surface area contributed by atoms with E-state index < -0.39 is 0 Å². The molecule has 2 aromatic rings. The molecule has 9 heteroatoms. The maximum atomic E-state index is 13.0. The third-order valence-electron chi connectivity index (χ3n) is 6.78. The van der Waals surface area contributed by atoms with Crippen molar-refractivity contribution in [2.75, 3.05) is 46.3 Å². The fourth-order valence-electron chi connectivity index (χ4n) is 4.94. The van der Waals surface area contributed by atoms with Crippen LogP contribution >= 0.6 is 0 Å². The zero-order valence-electron chi connectivity index (χ0n) is 19.2. The summed E-state index contributed by atoms with van der Waals surface area (Å²) in [7, 11) is 2.19. The molecule has 0 aliphatic carbocycles. The van der Waals surface area contributed by atoms with E-state index in [9.17, 15) is 14.9 Å². The van der Waals surface area contributed by atoms with Crippen LogP contribution in [-0.4, -0.2) is 87.7 Å². The molecule has 4 rings (SSSR count). The van der Waals surface area contributed by atoms with Gasteiger partial charge in [0.1, 0.15) is 11.4 Å². The minimum absolute atomic E-state index is 0.0656. The fourth-order valence-corrected chi connectivity index (χ4v) is 4.94. The highest BCUT2D eigenvalue weighted by Gasteiger charge is 2.29. The summed E-state index contributed by atoms with van der Waals surface area (Å²) in [5.74, 6) is 0.0683. The first-order chi connectivity index (χ1) is 15.3. The largest absolute Gasteiger partial charge is 0.336 e. The van der Waals surface area contributed by atoms with E-state index in [1.54, 1.807) is 18.5 Å². The van der Waals surface area contributed by atoms with Crippen molar-refractivity contribution in [2.45, 2.75) is 39.3 Å². The van der Waals surface area contributed by atoms with E-state index in [1.165, 1.54) is 19.4 Å². The number of hydrogen-bond donors (Lipinski definition) is 0. The SMILES string of the molecule is Cc1nn(Cc2ccc(C(=O)N3CCN(C4CCCN(C)C4)CC3)cc2)c(C)c1[N+](=O)[O-]. The molecular weight excluding hydrogens is 408 g/mol. The molecule has 1 aromatic heterocycles. The second-order valence-corrected chi connectivity index (χ2v) is 9.02. The van der Waals surface area contributed by atoms with Crippen molar-refractivity contribution in [3.8, 4) is 0 Å². The zero-order chi connectivity index (χ0) is 22.8. The molecule has 2 aliphatic rings. The number of aryl methyl sites for hydroxylation is 1. The van der Waals surface area contributed by atoms with Gasteiger partial charge in [-0.25, -0.2) is 0 Å². The Bertz CT molecular complexity index is 978. The van der Waals surface area contributed by atoms with E-state index in [-0.39, 0.29) is 16.5 Å². The molecule has 1 amide bonds. The van der Waals surface area contributed by atoms with E-state index in [2.05, 4.69) is 21.9 Å². The Hall–Kier alpha value is -2.78. The van der Waals surface area contributed by atoms with Gasteiger partial charge in [-0.15, -0.1) is 0 Å². The maximum Gasteiger partial charge on any atom is 0.312 e. The number of likely N-dealkylation sites (N-methyl/N-ethyl adjacent to an activating group) is 1. The molecule has 0 spiro atoms. The van der Waals surface area contributed by atoms with Crippen molar-refractivity contribution in [3.05, 3.63) is 56.9 Å². The van der Waals surface area contributed by atoms with Gasteiger partial charge in [0.15, 0.2) is 0 Å². The van der Waals surface area contributed by atoms with Crippen molar-refractivity contribution in [2.24, 2.45) is 0 Å². The second-order valence-electron chi connectivity index (χ2n) is 9.02. The van der Waals surface area contributed by atoms with Gasteiger partial charge in [-0.2, -0.15) is 5.10 Å². The van der Waals surface area contributed by atoms with Crippen LogP contribution in [0, 0.1) is 24.0 Å². The molecule has 2 saturated heterocycles. The summed E-state index contributed by atoms with van der Waals surface area (Å²) in [6.45, 7) is 9.47. The van der Waals surface area contributed by atoms with Crippen molar-refractivity contribution >= 4 is 11.6 Å². The first-order valence-electron chi connectivity index (χ1n) is 11.3. The van der Waals surface area contributed by atoms with E-state index in [1.807, 2.05) is 29.2 Å². The van der Waals surface area contributed by atoms with Crippen LogP contribution in [0.3, 0.4) is 0 Å². The number of amides is 1. The summed E-state index contributed by atoms with van der Waals surface area (Å²) in [6, 6.07) is 8.11. The van der Waals surface area contributed by atoms with E-state index in [4.69, 9.17) is 0 Å². The Labute approximate surface area is 188 Å². The van der Waals surface area contributed by atoms with Crippen molar-refractivity contribution < 1.29 is 9.72 Å². The van der Waals surface area contributed by atoms with Gasteiger partial charge in [-0.05, 0) is 58.0 Å². The Morgan fingerprint density at radius 1 is 1.12 bits per heavy atom. The highest BCUT2D eigenvalue weighted by atomic mass is 16.6. The monoisotopic (exact) mass is 440 g/mol. The number of nitro groups is 1. The molecule has 0 radical (unpaired) electrons. The Morgan fingerprint density at radius 3 is 2.41 bits per heavy atom. The van der Waals surface area contributed by atoms with Gasteiger partial charge < -0.3 is 9.80 Å². The highest BCUT2D eigenvalue weighted by Crippen LogP contribution is 2.23. The van der Waals surface area contributed by atoms with Crippen molar-refractivity contribution in [3.63, 3.8) is 0 Å². The van der Waals surface area contributed by atoms with Gasteiger partial charge in [0.05, 0.1) is 11.5 Å². The van der Waals surface area contributed by atoms with Gasteiger partial charge in [-0.1, -0.05) is 12.1 Å². The number of carbonyl (C=O) groups excluding carboxylic acids is 1. The van der Waals surface area contributed by atoms with Crippen LogP contribution in [0.1, 0.15) is 40.2 Å². The molecule has 9 nitrogen and oxygen atoms in total. The third kappa shape index (κ3) is 4.68. The molecule has 0 N–H and O–H groups in total. The van der Waals surface area contributed by atoms with Gasteiger partial charge in [0.25, 0.3) is 5.91 Å². The van der Waals surface area contributed by atoms with Crippen LogP contribution in [0.4, 0.5) is 5.69 Å². The summed E-state index contributed by atoms with van der Waals surface area (Å²) in [5.41, 5.74) is 2.65. The minimum atomic E-state index is -0.387. The van der Waals surface area contributed by atoms with Gasteiger partial charge in [-0.3, -0.25) is 24.5 Å². The van der Waals surface area contributed by atoms with Crippen molar-refractivity contribution in [1.29, 1.82) is 0 Å².